The third-order valence-electron chi connectivity index (χ3n) is 3.52. The lowest BCUT2D eigenvalue weighted by Gasteiger charge is -2.36. The Balaban J connectivity index is 1.59. The molecule has 2 atom stereocenters. The largest absolute Gasteiger partial charge is 0.362 e. The number of thioether (sulfide) groups is 1. The summed E-state index contributed by atoms with van der Waals surface area (Å²) in [6.07, 6.45) is 5.50. The molecule has 2 heterocycles. The average Bonchev–Trinajstić information content (AvgIpc) is 2.89. The minimum atomic E-state index is 0.680. The molecule has 17 heavy (non-hydrogen) atoms. The second-order valence-corrected chi connectivity index (χ2v) is 6.43. The first-order valence-electron chi connectivity index (χ1n) is 6.22. The van der Waals surface area contributed by atoms with Crippen molar-refractivity contribution in [3.8, 4) is 0 Å². The minimum Gasteiger partial charge on any atom is -0.362 e. The van der Waals surface area contributed by atoms with Crippen molar-refractivity contribution in [2.75, 3.05) is 5.75 Å². The van der Waals surface area contributed by atoms with Crippen molar-refractivity contribution in [3.05, 3.63) is 16.6 Å². The van der Waals surface area contributed by atoms with Gasteiger partial charge < -0.3 is 5.32 Å². The van der Waals surface area contributed by atoms with Crippen LogP contribution in [0.4, 0.5) is 0 Å². The third kappa shape index (κ3) is 2.83. The first-order chi connectivity index (χ1) is 8.42. The van der Waals surface area contributed by atoms with Gasteiger partial charge in [0.25, 0.3) is 0 Å². The highest BCUT2D eigenvalue weighted by Gasteiger charge is 2.29. The Labute approximate surface area is 110 Å². The van der Waals surface area contributed by atoms with Gasteiger partial charge in [0.1, 0.15) is 0 Å². The lowest BCUT2D eigenvalue weighted by molar-refractivity contribution is 0.311. The maximum absolute atomic E-state index is 4.63. The molecule has 2 aliphatic rings. The van der Waals surface area contributed by atoms with Crippen LogP contribution >= 0.6 is 23.1 Å². The lowest BCUT2D eigenvalue weighted by atomic mass is 9.86. The topological polar surface area (TPSA) is 37.3 Å². The third-order valence-corrected chi connectivity index (χ3v) is 5.27. The number of nitrogens with one attached hydrogen (secondary N) is 1. The van der Waals surface area contributed by atoms with Crippen molar-refractivity contribution in [2.24, 2.45) is 10.9 Å². The summed E-state index contributed by atoms with van der Waals surface area (Å²) >= 11 is 3.52. The van der Waals surface area contributed by atoms with E-state index >= 15 is 0 Å². The molecule has 1 saturated heterocycles. The van der Waals surface area contributed by atoms with Crippen LogP contribution < -0.4 is 5.32 Å². The molecule has 1 aromatic rings. The molecule has 2 fully saturated rings. The van der Waals surface area contributed by atoms with Gasteiger partial charge in [0.05, 0.1) is 17.7 Å². The number of aliphatic imine (C=N–C) groups is 1. The number of amidine groups is 1. The number of hydrogen-bond donors (Lipinski definition) is 1. The van der Waals surface area contributed by atoms with Gasteiger partial charge in [0.15, 0.2) is 5.17 Å². The highest BCUT2D eigenvalue weighted by molar-refractivity contribution is 8.13. The molecule has 3 nitrogen and oxygen atoms in total. The molecular formula is C12H17N3S2. The molecule has 0 spiro atoms. The predicted octanol–water partition coefficient (Wildman–Crippen LogP) is 2.89. The highest BCUT2D eigenvalue weighted by Crippen LogP contribution is 2.31. The molecule has 0 aromatic carbocycles. The van der Waals surface area contributed by atoms with Crippen LogP contribution in [-0.4, -0.2) is 21.9 Å². The Kier molecular flexibility index (Phi) is 3.66. The van der Waals surface area contributed by atoms with Gasteiger partial charge in [-0.05, 0) is 18.8 Å². The second kappa shape index (κ2) is 5.40. The fourth-order valence-electron chi connectivity index (χ4n) is 2.54. The summed E-state index contributed by atoms with van der Waals surface area (Å²) in [5.74, 6) is 2.11. The maximum atomic E-state index is 4.63. The Morgan fingerprint density at radius 1 is 1.41 bits per heavy atom. The molecule has 92 valence electrons. The van der Waals surface area contributed by atoms with Gasteiger partial charge in [0.2, 0.25) is 0 Å². The van der Waals surface area contributed by atoms with Crippen molar-refractivity contribution in [1.29, 1.82) is 0 Å². The summed E-state index contributed by atoms with van der Waals surface area (Å²) in [4.78, 5) is 8.89. The molecule has 1 aliphatic heterocycles. The van der Waals surface area contributed by atoms with Crippen molar-refractivity contribution in [2.45, 2.75) is 38.3 Å². The molecule has 3 rings (SSSR count). The van der Waals surface area contributed by atoms with Crippen molar-refractivity contribution in [1.82, 2.24) is 10.3 Å². The van der Waals surface area contributed by atoms with Gasteiger partial charge in [-0.1, -0.05) is 24.6 Å². The van der Waals surface area contributed by atoms with E-state index in [0.717, 1.165) is 23.3 Å². The Bertz CT molecular complexity index is 388. The number of nitrogens with zero attached hydrogens (tertiary/aromatic N) is 2. The molecule has 5 heteroatoms. The molecule has 0 radical (unpaired) electrons. The summed E-state index contributed by atoms with van der Waals surface area (Å²) in [6, 6.07) is 0.680. The Morgan fingerprint density at radius 2 is 2.35 bits per heavy atom. The summed E-state index contributed by atoms with van der Waals surface area (Å²) in [7, 11) is 0. The van der Waals surface area contributed by atoms with Gasteiger partial charge in [-0.2, -0.15) is 0 Å². The van der Waals surface area contributed by atoms with Crippen LogP contribution in [0.3, 0.4) is 0 Å². The molecular weight excluding hydrogens is 250 g/mol. The number of hydrogen-bond acceptors (Lipinski definition) is 4. The van der Waals surface area contributed by atoms with E-state index in [2.05, 4.69) is 20.7 Å². The summed E-state index contributed by atoms with van der Waals surface area (Å²) < 4.78 is 0. The minimum absolute atomic E-state index is 0.680. The quantitative estimate of drug-likeness (QED) is 0.895. The van der Waals surface area contributed by atoms with Crippen LogP contribution in [0, 0.1) is 5.92 Å². The summed E-state index contributed by atoms with van der Waals surface area (Å²) in [5.41, 5.74) is 2.95. The monoisotopic (exact) mass is 267 g/mol. The zero-order valence-electron chi connectivity index (χ0n) is 9.76. The molecule has 1 aliphatic carbocycles. The second-order valence-electron chi connectivity index (χ2n) is 4.71. The molecule has 1 N–H and O–H groups in total. The smallest absolute Gasteiger partial charge is 0.157 e. The number of fused-ring (bicyclic) bond motifs is 1. The first-order valence-corrected chi connectivity index (χ1v) is 8.15. The van der Waals surface area contributed by atoms with Crippen molar-refractivity contribution >= 4 is 28.3 Å². The van der Waals surface area contributed by atoms with Crippen LogP contribution in [0.15, 0.2) is 15.9 Å². The molecule has 1 aromatic heterocycles. The van der Waals surface area contributed by atoms with Crippen LogP contribution in [0.25, 0.3) is 0 Å². The van der Waals surface area contributed by atoms with Crippen LogP contribution in [0.1, 0.15) is 31.4 Å². The first kappa shape index (κ1) is 11.5. The van der Waals surface area contributed by atoms with Crippen LogP contribution in [0.2, 0.25) is 0 Å². The van der Waals surface area contributed by atoms with E-state index in [4.69, 9.17) is 0 Å². The SMILES string of the molecule is c1nc(CN=C2NC3CCCCC3CS2)cs1. The number of aromatic nitrogens is 1. The van der Waals surface area contributed by atoms with E-state index in [1.165, 1.54) is 31.4 Å². The normalized spacial score (nSPS) is 30.9. The van der Waals surface area contributed by atoms with Gasteiger partial charge >= 0.3 is 0 Å². The molecule has 0 amide bonds. The van der Waals surface area contributed by atoms with E-state index < -0.39 is 0 Å². The van der Waals surface area contributed by atoms with E-state index in [1.807, 2.05) is 17.3 Å². The number of rotatable bonds is 2. The predicted molar refractivity (Wildman–Crippen MR) is 74.6 cm³/mol. The van der Waals surface area contributed by atoms with Gasteiger partial charge in [0, 0.05) is 17.2 Å². The molecule has 1 saturated carbocycles. The standard InChI is InChI=1S/C12H17N3S2/c1-2-4-11-9(3-1)6-17-12(15-11)13-5-10-7-16-8-14-10/h7-9,11H,1-6H2,(H,13,15). The molecule has 2 unspecified atom stereocenters. The fourth-order valence-corrected chi connectivity index (χ4v) is 4.25. The molecule has 0 bridgehead atoms. The van der Waals surface area contributed by atoms with Crippen LogP contribution in [-0.2, 0) is 6.54 Å². The van der Waals surface area contributed by atoms with E-state index in [1.54, 1.807) is 11.3 Å². The van der Waals surface area contributed by atoms with Crippen molar-refractivity contribution in [3.63, 3.8) is 0 Å². The van der Waals surface area contributed by atoms with E-state index in [0.29, 0.717) is 6.04 Å². The average molecular weight is 267 g/mol. The van der Waals surface area contributed by atoms with E-state index in [9.17, 15) is 0 Å². The Morgan fingerprint density at radius 3 is 3.24 bits per heavy atom. The number of thiazole rings is 1. The summed E-state index contributed by atoms with van der Waals surface area (Å²) in [5, 5.41) is 6.80. The van der Waals surface area contributed by atoms with Gasteiger partial charge in [-0.3, -0.25) is 4.99 Å². The Hall–Kier alpha value is -0.550. The zero-order valence-corrected chi connectivity index (χ0v) is 11.4. The van der Waals surface area contributed by atoms with Crippen LogP contribution in [0.5, 0.6) is 0 Å². The lowest BCUT2D eigenvalue weighted by Crippen LogP contribution is -2.46. The summed E-state index contributed by atoms with van der Waals surface area (Å²) in [6.45, 7) is 0.718. The van der Waals surface area contributed by atoms with Crippen molar-refractivity contribution < 1.29 is 0 Å². The van der Waals surface area contributed by atoms with Gasteiger partial charge in [-0.15, -0.1) is 11.3 Å². The maximum Gasteiger partial charge on any atom is 0.157 e. The van der Waals surface area contributed by atoms with E-state index in [-0.39, 0.29) is 0 Å². The highest BCUT2D eigenvalue weighted by atomic mass is 32.2. The van der Waals surface area contributed by atoms with Gasteiger partial charge in [-0.25, -0.2) is 4.98 Å². The zero-order chi connectivity index (χ0) is 11.5. The fraction of sp³-hybridized carbons (Fsp3) is 0.667.